The van der Waals surface area contributed by atoms with E-state index in [4.69, 9.17) is 9.47 Å². The Bertz CT molecular complexity index is 1500. The highest BCUT2D eigenvalue weighted by atomic mass is 16.6. The number of hydrogen-bond donors (Lipinski definition) is 4. The van der Waals surface area contributed by atoms with Gasteiger partial charge in [-0.15, -0.1) is 0 Å². The van der Waals surface area contributed by atoms with E-state index in [1.807, 2.05) is 86.3 Å². The molecule has 1 aliphatic carbocycles. The number of nitrogens with one attached hydrogen (secondary N) is 2. The molecule has 11 heteroatoms. The second-order valence-corrected chi connectivity index (χ2v) is 13.0. The average molecular weight is 645 g/mol. The summed E-state index contributed by atoms with van der Waals surface area (Å²) in [6, 6.07) is 22.3. The minimum atomic E-state index is -1.79. The third-order valence-corrected chi connectivity index (χ3v) is 8.36. The summed E-state index contributed by atoms with van der Waals surface area (Å²) in [4.78, 5) is 41.3. The predicted molar refractivity (Wildman–Crippen MR) is 176 cm³/mol. The molecule has 3 amide bonds. The fourth-order valence-electron chi connectivity index (χ4n) is 6.02. The Balaban J connectivity index is 1.06. The van der Waals surface area contributed by atoms with Gasteiger partial charge in [0, 0.05) is 38.6 Å². The summed E-state index contributed by atoms with van der Waals surface area (Å²) in [7, 11) is 0. The van der Waals surface area contributed by atoms with E-state index in [0.29, 0.717) is 32.7 Å². The number of carbonyl (C=O) groups is 3. The number of aliphatic hydroxyl groups excluding tert-OH is 1. The first kappa shape index (κ1) is 33.9. The van der Waals surface area contributed by atoms with Gasteiger partial charge in [0.05, 0.1) is 12.6 Å². The van der Waals surface area contributed by atoms with Crippen molar-refractivity contribution in [3.63, 3.8) is 0 Å². The van der Waals surface area contributed by atoms with E-state index < -0.39 is 24.0 Å². The van der Waals surface area contributed by atoms with E-state index in [1.54, 1.807) is 4.90 Å². The van der Waals surface area contributed by atoms with Crippen LogP contribution in [0.5, 0.6) is 0 Å². The predicted octanol–water partition coefficient (Wildman–Crippen LogP) is 3.62. The summed E-state index contributed by atoms with van der Waals surface area (Å²) in [5.41, 5.74) is 5.55. The number of hydrogen-bond acceptors (Lipinski definition) is 8. The van der Waals surface area contributed by atoms with Crippen molar-refractivity contribution < 1.29 is 34.1 Å². The number of alkyl carbamates (subject to hydrolysis) is 1. The third kappa shape index (κ3) is 9.09. The zero-order valence-corrected chi connectivity index (χ0v) is 27.1. The molecule has 1 aliphatic heterocycles. The van der Waals surface area contributed by atoms with Crippen LogP contribution in [0.3, 0.4) is 0 Å². The fourth-order valence-corrected chi connectivity index (χ4v) is 6.02. The highest BCUT2D eigenvalue weighted by Gasteiger charge is 2.30. The maximum absolute atomic E-state index is 12.8. The third-order valence-electron chi connectivity index (χ3n) is 8.36. The highest BCUT2D eigenvalue weighted by molar-refractivity contribution is 5.79. The second kappa shape index (κ2) is 15.0. The quantitative estimate of drug-likeness (QED) is 0.194. The van der Waals surface area contributed by atoms with Crippen molar-refractivity contribution >= 4 is 18.1 Å². The van der Waals surface area contributed by atoms with Gasteiger partial charge in [0.2, 0.25) is 0 Å². The number of carbonyl (C=O) groups excluding carboxylic acids is 3. The van der Waals surface area contributed by atoms with Crippen molar-refractivity contribution in [1.29, 1.82) is 0 Å². The van der Waals surface area contributed by atoms with Crippen molar-refractivity contribution in [2.45, 2.75) is 57.6 Å². The van der Waals surface area contributed by atoms with Crippen LogP contribution in [0.1, 0.15) is 48.9 Å². The Morgan fingerprint density at radius 3 is 2.00 bits per heavy atom. The lowest BCUT2D eigenvalue weighted by Crippen LogP contribution is -2.52. The smallest absolute Gasteiger partial charge is 0.407 e. The molecule has 250 valence electrons. The Kier molecular flexibility index (Phi) is 10.8. The van der Waals surface area contributed by atoms with Gasteiger partial charge in [-0.2, -0.15) is 0 Å². The number of benzene rings is 3. The van der Waals surface area contributed by atoms with Crippen LogP contribution in [0.2, 0.25) is 0 Å². The molecule has 0 radical (unpaired) electrons. The monoisotopic (exact) mass is 644 g/mol. The Morgan fingerprint density at radius 2 is 1.43 bits per heavy atom. The first-order chi connectivity index (χ1) is 22.5. The van der Waals surface area contributed by atoms with Crippen LogP contribution in [0.25, 0.3) is 11.1 Å². The van der Waals surface area contributed by atoms with E-state index in [0.717, 1.165) is 33.4 Å². The van der Waals surface area contributed by atoms with Crippen molar-refractivity contribution in [1.82, 2.24) is 20.4 Å². The molecule has 1 heterocycles. The summed E-state index contributed by atoms with van der Waals surface area (Å²) in [5, 5.41) is 25.5. The van der Waals surface area contributed by atoms with Crippen LogP contribution in [0.15, 0.2) is 72.8 Å². The zero-order chi connectivity index (χ0) is 33.6. The lowest BCUT2D eigenvalue weighted by atomic mass is 9.98. The van der Waals surface area contributed by atoms with Gasteiger partial charge >= 0.3 is 18.1 Å². The Hall–Kier alpha value is -4.45. The molecule has 3 aromatic carbocycles. The number of piperazine rings is 1. The van der Waals surface area contributed by atoms with Gasteiger partial charge in [-0.3, -0.25) is 9.69 Å². The van der Waals surface area contributed by atoms with Crippen molar-refractivity contribution in [2.24, 2.45) is 0 Å². The van der Waals surface area contributed by atoms with Gasteiger partial charge in [-0.05, 0) is 60.6 Å². The maximum Gasteiger partial charge on any atom is 0.407 e. The molecule has 1 saturated heterocycles. The molecule has 0 aromatic heterocycles. The standard InChI is InChI=1S/C36H44N4O7/c1-36(2,3)47-32(41)22-39-16-18-40(19-17-39)34(44)37-21-25-14-12-24(13-15-25)20-31(33(42)43)38-35(45)46-23-30-28-10-6-4-8-26(28)27-9-5-7-11-29(27)30/h4-15,30-31,33,42-43H,16-23H2,1-3H3,(H,37,44)(H,38,45)/t31-/m0/s1. The zero-order valence-electron chi connectivity index (χ0n) is 27.1. The number of aliphatic hydroxyl groups is 2. The molecule has 2 aliphatic rings. The fraction of sp³-hybridized carbons (Fsp3) is 0.417. The van der Waals surface area contributed by atoms with E-state index in [9.17, 15) is 24.6 Å². The molecule has 0 spiro atoms. The molecule has 0 bridgehead atoms. The molecule has 4 N–H and O–H groups in total. The second-order valence-electron chi connectivity index (χ2n) is 13.0. The largest absolute Gasteiger partial charge is 0.459 e. The van der Waals surface area contributed by atoms with E-state index in [1.165, 1.54) is 0 Å². The lowest BCUT2D eigenvalue weighted by molar-refractivity contribution is -0.156. The molecular formula is C36H44N4O7. The number of ether oxygens (including phenoxy) is 2. The molecule has 5 rings (SSSR count). The minimum absolute atomic E-state index is 0.104. The van der Waals surface area contributed by atoms with Crippen LogP contribution in [0.4, 0.5) is 9.59 Å². The maximum atomic E-state index is 12.8. The normalized spacial score (nSPS) is 15.5. The molecule has 11 nitrogen and oxygen atoms in total. The number of nitrogens with zero attached hydrogens (tertiary/aromatic N) is 2. The number of urea groups is 1. The van der Waals surface area contributed by atoms with Crippen LogP contribution >= 0.6 is 0 Å². The van der Waals surface area contributed by atoms with Crippen LogP contribution in [0, 0.1) is 0 Å². The SMILES string of the molecule is CC(C)(C)OC(=O)CN1CCN(C(=O)NCc2ccc(C[C@H](NC(=O)OCC3c4ccccc4-c4ccccc43)C(O)O)cc2)CC1. The Labute approximate surface area is 275 Å². The minimum Gasteiger partial charge on any atom is -0.459 e. The van der Waals surface area contributed by atoms with E-state index in [-0.39, 0.29) is 37.5 Å². The van der Waals surface area contributed by atoms with Crippen LogP contribution in [-0.4, -0.2) is 95.4 Å². The Morgan fingerprint density at radius 1 is 0.851 bits per heavy atom. The first-order valence-corrected chi connectivity index (χ1v) is 16.0. The van der Waals surface area contributed by atoms with Crippen molar-refractivity contribution in [3.8, 4) is 11.1 Å². The van der Waals surface area contributed by atoms with Gasteiger partial charge < -0.3 is 35.2 Å². The number of amides is 3. The summed E-state index contributed by atoms with van der Waals surface area (Å²) >= 11 is 0. The van der Waals surface area contributed by atoms with E-state index >= 15 is 0 Å². The summed E-state index contributed by atoms with van der Waals surface area (Å²) < 4.78 is 11.0. The summed E-state index contributed by atoms with van der Waals surface area (Å²) in [6.07, 6.45) is -2.35. The van der Waals surface area contributed by atoms with Gasteiger partial charge in [0.25, 0.3) is 0 Å². The molecule has 47 heavy (non-hydrogen) atoms. The van der Waals surface area contributed by atoms with Gasteiger partial charge in [0.1, 0.15) is 12.2 Å². The molecule has 0 saturated carbocycles. The summed E-state index contributed by atoms with van der Waals surface area (Å²) in [6.45, 7) is 8.35. The average Bonchev–Trinajstić information content (AvgIpc) is 3.36. The number of fused-ring (bicyclic) bond motifs is 3. The lowest BCUT2D eigenvalue weighted by Gasteiger charge is -2.34. The van der Waals surface area contributed by atoms with Crippen LogP contribution in [-0.2, 0) is 27.2 Å². The van der Waals surface area contributed by atoms with Gasteiger partial charge in [-0.1, -0.05) is 72.8 Å². The van der Waals surface area contributed by atoms with Crippen molar-refractivity contribution in [3.05, 3.63) is 95.1 Å². The van der Waals surface area contributed by atoms with Gasteiger partial charge in [-0.25, -0.2) is 9.59 Å². The molecular weight excluding hydrogens is 600 g/mol. The first-order valence-electron chi connectivity index (χ1n) is 16.0. The highest BCUT2D eigenvalue weighted by Crippen LogP contribution is 2.44. The van der Waals surface area contributed by atoms with Crippen molar-refractivity contribution in [2.75, 3.05) is 39.3 Å². The molecule has 1 atom stereocenters. The topological polar surface area (TPSA) is 141 Å². The van der Waals surface area contributed by atoms with E-state index in [2.05, 4.69) is 22.8 Å². The van der Waals surface area contributed by atoms with Gasteiger partial charge in [0.15, 0.2) is 6.29 Å². The number of esters is 1. The summed E-state index contributed by atoms with van der Waals surface area (Å²) in [5.74, 6) is -0.376. The molecule has 3 aromatic rings. The molecule has 0 unspecified atom stereocenters. The number of rotatable bonds is 10. The van der Waals surface area contributed by atoms with Crippen LogP contribution < -0.4 is 10.6 Å². The molecule has 1 fully saturated rings.